The summed E-state index contributed by atoms with van der Waals surface area (Å²) in [6.45, 7) is 8.66. The molecule has 166 valence electrons. The number of rotatable bonds is 9. The number of aromatic nitrogens is 3. The Hall–Kier alpha value is -1.88. The number of guanidine groups is 1. The third-order valence-corrected chi connectivity index (χ3v) is 5.05. The van der Waals surface area contributed by atoms with Gasteiger partial charge in [0.2, 0.25) is 0 Å². The van der Waals surface area contributed by atoms with Gasteiger partial charge in [0, 0.05) is 51.2 Å². The van der Waals surface area contributed by atoms with Gasteiger partial charge >= 0.3 is 0 Å². The Balaban J connectivity index is 0.00000320. The number of ether oxygens (including phenoxy) is 2. The lowest BCUT2D eigenvalue weighted by molar-refractivity contribution is 0.166. The number of aryl methyl sites for hydroxylation is 2. The van der Waals surface area contributed by atoms with Gasteiger partial charge < -0.3 is 24.7 Å². The second kappa shape index (κ2) is 12.7. The zero-order chi connectivity index (χ0) is 20.5. The van der Waals surface area contributed by atoms with Crippen molar-refractivity contribution in [2.45, 2.75) is 39.8 Å². The second-order valence-electron chi connectivity index (χ2n) is 7.30. The first-order valence-corrected chi connectivity index (χ1v) is 10.3. The molecule has 3 rings (SSSR count). The van der Waals surface area contributed by atoms with Gasteiger partial charge in [-0.1, -0.05) is 19.1 Å². The number of aliphatic imine (C=N–C) groups is 1. The van der Waals surface area contributed by atoms with Crippen LogP contribution in [0.3, 0.4) is 0 Å². The van der Waals surface area contributed by atoms with Crippen LogP contribution in [0.5, 0.6) is 5.75 Å². The Morgan fingerprint density at radius 1 is 1.37 bits per heavy atom. The molecule has 0 aliphatic carbocycles. The smallest absolute Gasteiger partial charge is 0.191 e. The van der Waals surface area contributed by atoms with Crippen molar-refractivity contribution in [1.82, 2.24) is 25.4 Å². The molecule has 0 spiro atoms. The maximum atomic E-state index is 6.13. The first-order chi connectivity index (χ1) is 14.2. The number of benzene rings is 1. The van der Waals surface area contributed by atoms with Gasteiger partial charge in [0.1, 0.15) is 17.9 Å². The average Bonchev–Trinajstić information content (AvgIpc) is 3.41. The summed E-state index contributed by atoms with van der Waals surface area (Å²) in [5.74, 6) is 3.16. The molecule has 8 nitrogen and oxygen atoms in total. The minimum Gasteiger partial charge on any atom is -0.493 e. The fourth-order valence-electron chi connectivity index (χ4n) is 3.30. The Bertz CT molecular complexity index is 805. The highest BCUT2D eigenvalue weighted by Crippen LogP contribution is 2.22. The van der Waals surface area contributed by atoms with Crippen LogP contribution in [-0.2, 0) is 24.2 Å². The van der Waals surface area contributed by atoms with Gasteiger partial charge in [0.25, 0.3) is 0 Å². The monoisotopic (exact) mass is 528 g/mol. The van der Waals surface area contributed by atoms with Crippen molar-refractivity contribution >= 4 is 29.9 Å². The van der Waals surface area contributed by atoms with Crippen molar-refractivity contribution in [1.29, 1.82) is 0 Å². The SMILES string of the molecule is CCc1nncn1CCNC(=NC)NCc1ccc(C)cc1OCC1CCOC1.I. The fourth-order valence-corrected chi connectivity index (χ4v) is 3.30. The van der Waals surface area contributed by atoms with Crippen molar-refractivity contribution < 1.29 is 9.47 Å². The van der Waals surface area contributed by atoms with E-state index in [4.69, 9.17) is 9.47 Å². The van der Waals surface area contributed by atoms with Crippen molar-refractivity contribution in [3.8, 4) is 5.75 Å². The van der Waals surface area contributed by atoms with Crippen molar-refractivity contribution in [2.24, 2.45) is 10.9 Å². The molecule has 1 aliphatic rings. The van der Waals surface area contributed by atoms with E-state index >= 15 is 0 Å². The second-order valence-corrected chi connectivity index (χ2v) is 7.30. The van der Waals surface area contributed by atoms with Crippen LogP contribution in [0.25, 0.3) is 0 Å². The third-order valence-electron chi connectivity index (χ3n) is 5.05. The molecule has 1 fully saturated rings. The lowest BCUT2D eigenvalue weighted by Crippen LogP contribution is -2.38. The van der Waals surface area contributed by atoms with E-state index in [1.807, 2.05) is 0 Å². The van der Waals surface area contributed by atoms with Gasteiger partial charge in [0.05, 0.1) is 13.2 Å². The van der Waals surface area contributed by atoms with Gasteiger partial charge in [-0.25, -0.2) is 0 Å². The quantitative estimate of drug-likeness (QED) is 0.296. The van der Waals surface area contributed by atoms with E-state index in [1.165, 1.54) is 5.56 Å². The normalized spacial score (nSPS) is 16.2. The van der Waals surface area contributed by atoms with Gasteiger partial charge in [-0.2, -0.15) is 0 Å². The molecule has 1 saturated heterocycles. The molecule has 2 N–H and O–H groups in total. The largest absolute Gasteiger partial charge is 0.493 e. The van der Waals surface area contributed by atoms with Crippen molar-refractivity contribution in [2.75, 3.05) is 33.4 Å². The molecule has 0 radical (unpaired) electrons. The van der Waals surface area contributed by atoms with Crippen LogP contribution in [0, 0.1) is 12.8 Å². The van der Waals surface area contributed by atoms with Crippen LogP contribution in [-0.4, -0.2) is 54.1 Å². The molecule has 2 heterocycles. The van der Waals surface area contributed by atoms with E-state index in [-0.39, 0.29) is 24.0 Å². The molecular formula is C21H33IN6O2. The van der Waals surface area contributed by atoms with E-state index in [1.54, 1.807) is 13.4 Å². The van der Waals surface area contributed by atoms with Crippen LogP contribution < -0.4 is 15.4 Å². The summed E-state index contributed by atoms with van der Waals surface area (Å²) in [5.41, 5.74) is 2.30. The van der Waals surface area contributed by atoms with Crippen LogP contribution in [0.15, 0.2) is 29.5 Å². The standard InChI is InChI=1S/C21H32N6O2.HI/c1-4-20-26-25-15-27(20)9-8-23-21(22-3)24-12-18-6-5-16(2)11-19(18)29-14-17-7-10-28-13-17;/h5-6,11,15,17H,4,7-10,12-14H2,1-3H3,(H2,22,23,24);1H. The summed E-state index contributed by atoms with van der Waals surface area (Å²) in [5, 5.41) is 14.8. The molecular weight excluding hydrogens is 495 g/mol. The highest BCUT2D eigenvalue weighted by molar-refractivity contribution is 14.0. The zero-order valence-corrected chi connectivity index (χ0v) is 20.4. The first-order valence-electron chi connectivity index (χ1n) is 10.3. The molecule has 0 saturated carbocycles. The van der Waals surface area contributed by atoms with Crippen LogP contribution in [0.4, 0.5) is 0 Å². The molecule has 1 aliphatic heterocycles. The Labute approximate surface area is 195 Å². The van der Waals surface area contributed by atoms with Gasteiger partial charge in [0.15, 0.2) is 5.96 Å². The number of nitrogens with zero attached hydrogens (tertiary/aromatic N) is 4. The topological polar surface area (TPSA) is 85.6 Å². The highest BCUT2D eigenvalue weighted by atomic mass is 127. The Kier molecular flexibility index (Phi) is 10.4. The number of hydrogen-bond donors (Lipinski definition) is 2. The number of halogens is 1. The predicted octanol–water partition coefficient (Wildman–Crippen LogP) is 2.55. The fraction of sp³-hybridized carbons (Fsp3) is 0.571. The van der Waals surface area contributed by atoms with Crippen LogP contribution >= 0.6 is 24.0 Å². The summed E-state index contributed by atoms with van der Waals surface area (Å²) < 4.78 is 13.6. The molecule has 0 bridgehead atoms. The van der Waals surface area contributed by atoms with Crippen LogP contribution in [0.1, 0.15) is 30.3 Å². The Morgan fingerprint density at radius 3 is 2.97 bits per heavy atom. The molecule has 30 heavy (non-hydrogen) atoms. The van der Waals surface area contributed by atoms with E-state index < -0.39 is 0 Å². The van der Waals surface area contributed by atoms with E-state index in [2.05, 4.69) is 62.4 Å². The van der Waals surface area contributed by atoms with Gasteiger partial charge in [-0.05, 0) is 25.0 Å². The molecule has 1 aromatic heterocycles. The maximum absolute atomic E-state index is 6.13. The number of nitrogens with one attached hydrogen (secondary N) is 2. The lowest BCUT2D eigenvalue weighted by Gasteiger charge is -2.17. The van der Waals surface area contributed by atoms with Gasteiger partial charge in [-0.3, -0.25) is 4.99 Å². The average molecular weight is 528 g/mol. The summed E-state index contributed by atoms with van der Waals surface area (Å²) in [6, 6.07) is 6.32. The highest BCUT2D eigenvalue weighted by Gasteiger charge is 2.17. The third kappa shape index (κ3) is 7.12. The van der Waals surface area contributed by atoms with Crippen molar-refractivity contribution in [3.05, 3.63) is 41.5 Å². The zero-order valence-electron chi connectivity index (χ0n) is 18.1. The molecule has 1 aromatic carbocycles. The first kappa shape index (κ1) is 24.4. The number of hydrogen-bond acceptors (Lipinski definition) is 5. The summed E-state index contributed by atoms with van der Waals surface area (Å²) >= 11 is 0. The van der Waals surface area contributed by atoms with E-state index in [0.717, 1.165) is 62.2 Å². The van der Waals surface area contributed by atoms with E-state index in [0.29, 0.717) is 19.1 Å². The molecule has 1 atom stereocenters. The maximum Gasteiger partial charge on any atom is 0.191 e. The predicted molar refractivity (Wildman–Crippen MR) is 129 cm³/mol. The summed E-state index contributed by atoms with van der Waals surface area (Å²) in [6.07, 6.45) is 3.71. The molecule has 9 heteroatoms. The van der Waals surface area contributed by atoms with Crippen LogP contribution in [0.2, 0.25) is 0 Å². The lowest BCUT2D eigenvalue weighted by atomic mass is 10.1. The van der Waals surface area contributed by atoms with E-state index in [9.17, 15) is 0 Å². The molecule has 1 unspecified atom stereocenters. The minimum absolute atomic E-state index is 0. The molecule has 2 aromatic rings. The summed E-state index contributed by atoms with van der Waals surface area (Å²) in [7, 11) is 1.78. The minimum atomic E-state index is 0. The van der Waals surface area contributed by atoms with Crippen molar-refractivity contribution in [3.63, 3.8) is 0 Å². The van der Waals surface area contributed by atoms with Gasteiger partial charge in [-0.15, -0.1) is 34.2 Å². The Morgan fingerprint density at radius 2 is 2.23 bits per heavy atom. The summed E-state index contributed by atoms with van der Waals surface area (Å²) in [4.78, 5) is 4.32. The molecule has 0 amide bonds.